The number of benzene rings is 3. The third-order valence-electron chi connectivity index (χ3n) is 7.44. The van der Waals surface area contributed by atoms with Gasteiger partial charge in [0.05, 0.1) is 6.54 Å². The molecule has 3 aromatic rings. The predicted octanol–water partition coefficient (Wildman–Crippen LogP) is 4.84. The normalized spacial score (nSPS) is 12.2. The van der Waals surface area contributed by atoms with E-state index < -0.39 is 6.04 Å². The van der Waals surface area contributed by atoms with Crippen molar-refractivity contribution < 1.29 is 24.3 Å². The Kier molecular flexibility index (Phi) is 17.1. The van der Waals surface area contributed by atoms with Gasteiger partial charge in [0.25, 0.3) is 0 Å². The van der Waals surface area contributed by atoms with Crippen LogP contribution in [0.4, 0.5) is 0 Å². The smallest absolute Gasteiger partial charge is 0.242 e. The minimum Gasteiger partial charge on any atom is -0.508 e. The van der Waals surface area contributed by atoms with Gasteiger partial charge < -0.3 is 26.4 Å². The Morgan fingerprint density at radius 3 is 2.13 bits per heavy atom. The van der Waals surface area contributed by atoms with Crippen LogP contribution < -0.4 is 21.3 Å². The Hall–Kier alpha value is -4.24. The standard InChI is InChI=1S/C23H30N2O3.C14H22N2O2/c1-17(2)22(27)10-4-3-7-13-24-23(28)21(25-16-26)15-18-11-12-19-8-5-6-9-20(19)14-18;1-10(2)15-9-14(18)16-11(3)8-12-4-6-13(17)7-5-12/h5-6,8-9,11-12,14,16-17,21H,3-4,7,10,13,15H2,1-2H3,(H,24,28)(H,25,26);4-7,10-11,15,17H,8-9H2,1-3H3,(H,16,18)/t21-;/m0./s1. The Morgan fingerprint density at radius 2 is 1.48 bits per heavy atom. The number of nitrogens with one attached hydrogen (secondary N) is 4. The van der Waals surface area contributed by atoms with Gasteiger partial charge in [-0.1, -0.05) is 88.7 Å². The van der Waals surface area contributed by atoms with E-state index in [0.29, 0.717) is 38.4 Å². The minimum atomic E-state index is -0.596. The maximum absolute atomic E-state index is 12.4. The van der Waals surface area contributed by atoms with Crippen molar-refractivity contribution in [1.29, 1.82) is 0 Å². The second kappa shape index (κ2) is 20.7. The first kappa shape index (κ1) is 37.9. The highest BCUT2D eigenvalue weighted by Gasteiger charge is 2.18. The summed E-state index contributed by atoms with van der Waals surface area (Å²) in [5, 5.41) is 23.0. The lowest BCUT2D eigenvalue weighted by Gasteiger charge is -2.16. The van der Waals surface area contributed by atoms with Crippen LogP contribution in [0.1, 0.15) is 71.4 Å². The number of unbranched alkanes of at least 4 members (excludes halogenated alkanes) is 2. The van der Waals surface area contributed by atoms with Crippen LogP contribution >= 0.6 is 0 Å². The maximum atomic E-state index is 12.4. The summed E-state index contributed by atoms with van der Waals surface area (Å²) in [4.78, 5) is 46.6. The van der Waals surface area contributed by atoms with Crippen LogP contribution in [-0.4, -0.2) is 60.3 Å². The molecule has 0 aliphatic rings. The molecule has 9 nitrogen and oxygen atoms in total. The second-order valence-electron chi connectivity index (χ2n) is 12.3. The zero-order valence-electron chi connectivity index (χ0n) is 28.0. The number of phenolic OH excluding ortho intramolecular Hbond substituents is 1. The van der Waals surface area contributed by atoms with E-state index in [4.69, 9.17) is 0 Å². The number of fused-ring (bicyclic) bond motifs is 1. The van der Waals surface area contributed by atoms with E-state index in [-0.39, 0.29) is 35.3 Å². The number of carbonyl (C=O) groups is 4. The third kappa shape index (κ3) is 15.2. The first-order chi connectivity index (χ1) is 22.0. The molecule has 0 aliphatic heterocycles. The van der Waals surface area contributed by atoms with Crippen molar-refractivity contribution in [2.75, 3.05) is 13.1 Å². The van der Waals surface area contributed by atoms with Gasteiger partial charge >= 0.3 is 0 Å². The molecule has 0 saturated carbocycles. The molecule has 0 aromatic heterocycles. The molecule has 9 heteroatoms. The van der Waals surface area contributed by atoms with Gasteiger partial charge in [-0.25, -0.2) is 0 Å². The summed E-state index contributed by atoms with van der Waals surface area (Å²) in [6.45, 7) is 10.7. The molecule has 46 heavy (non-hydrogen) atoms. The number of ketones is 1. The van der Waals surface area contributed by atoms with Crippen LogP contribution in [0.2, 0.25) is 0 Å². The van der Waals surface area contributed by atoms with E-state index in [1.54, 1.807) is 12.1 Å². The number of hydrogen-bond acceptors (Lipinski definition) is 6. The molecule has 0 saturated heterocycles. The second-order valence-corrected chi connectivity index (χ2v) is 12.3. The highest BCUT2D eigenvalue weighted by molar-refractivity contribution is 5.85. The molecule has 5 N–H and O–H groups in total. The number of phenols is 1. The Morgan fingerprint density at radius 1 is 0.804 bits per heavy atom. The van der Waals surface area contributed by atoms with Crippen LogP contribution in [0, 0.1) is 5.92 Å². The first-order valence-electron chi connectivity index (χ1n) is 16.3. The lowest BCUT2D eigenvalue weighted by molar-refractivity contribution is -0.125. The van der Waals surface area contributed by atoms with Crippen molar-refractivity contribution in [2.24, 2.45) is 5.92 Å². The highest BCUT2D eigenvalue weighted by atomic mass is 16.3. The molecule has 0 bridgehead atoms. The van der Waals surface area contributed by atoms with Crippen LogP contribution in [0.5, 0.6) is 5.75 Å². The van der Waals surface area contributed by atoms with Crippen molar-refractivity contribution >= 4 is 34.8 Å². The number of carbonyl (C=O) groups excluding carboxylic acids is 4. The molecule has 0 fully saturated rings. The molecule has 1 unspecified atom stereocenters. The van der Waals surface area contributed by atoms with E-state index in [9.17, 15) is 24.3 Å². The summed E-state index contributed by atoms with van der Waals surface area (Å²) in [6, 6.07) is 20.9. The molecule has 0 spiro atoms. The van der Waals surface area contributed by atoms with E-state index in [1.807, 2.05) is 89.2 Å². The van der Waals surface area contributed by atoms with Crippen molar-refractivity contribution in [3.63, 3.8) is 0 Å². The average Bonchev–Trinajstić information content (AvgIpc) is 3.02. The van der Waals surface area contributed by atoms with Gasteiger partial charge in [0.1, 0.15) is 17.6 Å². The van der Waals surface area contributed by atoms with Crippen LogP contribution in [0.3, 0.4) is 0 Å². The van der Waals surface area contributed by atoms with Crippen molar-refractivity contribution in [1.82, 2.24) is 21.3 Å². The quantitative estimate of drug-likeness (QED) is 0.101. The number of rotatable bonds is 18. The van der Waals surface area contributed by atoms with Gasteiger partial charge in [-0.05, 0) is 60.2 Å². The lowest BCUT2D eigenvalue weighted by atomic mass is 10.0. The fourth-order valence-electron chi connectivity index (χ4n) is 4.79. The maximum Gasteiger partial charge on any atom is 0.242 e. The molecule has 0 aliphatic carbocycles. The average molecular weight is 633 g/mol. The summed E-state index contributed by atoms with van der Waals surface area (Å²) in [5.74, 6) is 0.463. The molecule has 0 heterocycles. The van der Waals surface area contributed by atoms with Crippen molar-refractivity contribution in [3.05, 3.63) is 77.9 Å². The molecule has 3 aromatic carbocycles. The fraction of sp³-hybridized carbons (Fsp3) is 0.459. The van der Waals surface area contributed by atoms with Crippen LogP contribution in [0.15, 0.2) is 66.7 Å². The van der Waals surface area contributed by atoms with Crippen molar-refractivity contribution in [2.45, 2.75) is 91.3 Å². The van der Waals surface area contributed by atoms with Gasteiger partial charge in [0.15, 0.2) is 0 Å². The predicted molar refractivity (Wildman–Crippen MR) is 185 cm³/mol. The van der Waals surface area contributed by atoms with Crippen LogP contribution in [0.25, 0.3) is 10.8 Å². The highest BCUT2D eigenvalue weighted by Crippen LogP contribution is 2.17. The van der Waals surface area contributed by atoms with Gasteiger partial charge in [-0.2, -0.15) is 0 Å². The summed E-state index contributed by atoms with van der Waals surface area (Å²) >= 11 is 0. The van der Waals surface area contributed by atoms with Gasteiger partial charge in [-0.15, -0.1) is 0 Å². The number of hydrogen-bond donors (Lipinski definition) is 5. The largest absolute Gasteiger partial charge is 0.508 e. The molecular formula is C37H52N4O5. The fourth-order valence-corrected chi connectivity index (χ4v) is 4.79. The lowest BCUT2D eigenvalue weighted by Crippen LogP contribution is -2.45. The third-order valence-corrected chi connectivity index (χ3v) is 7.44. The van der Waals surface area contributed by atoms with E-state index in [1.165, 1.54) is 0 Å². The van der Waals surface area contributed by atoms with Gasteiger partial charge in [-0.3, -0.25) is 19.2 Å². The Bertz CT molecular complexity index is 1370. The van der Waals surface area contributed by atoms with E-state index >= 15 is 0 Å². The molecular weight excluding hydrogens is 580 g/mol. The Balaban J connectivity index is 0.000000353. The Labute approximate surface area is 273 Å². The SMILES string of the molecule is CC(C)C(=O)CCCCCNC(=O)[C@H](Cc1ccc2ccccc2c1)NC=O.CC(C)NCC(=O)NC(C)Cc1ccc(O)cc1. The van der Waals surface area contributed by atoms with Gasteiger partial charge in [0, 0.05) is 37.4 Å². The van der Waals surface area contributed by atoms with Crippen LogP contribution in [-0.2, 0) is 32.0 Å². The van der Waals surface area contributed by atoms with E-state index in [2.05, 4.69) is 21.3 Å². The molecule has 250 valence electrons. The van der Waals surface area contributed by atoms with Crippen molar-refractivity contribution in [3.8, 4) is 5.75 Å². The minimum absolute atomic E-state index is 0.00924. The number of aromatic hydroxyl groups is 1. The zero-order chi connectivity index (χ0) is 33.9. The van der Waals surface area contributed by atoms with Gasteiger partial charge in [0.2, 0.25) is 18.2 Å². The summed E-state index contributed by atoms with van der Waals surface area (Å²) in [5.41, 5.74) is 2.10. The first-order valence-corrected chi connectivity index (χ1v) is 16.3. The number of Topliss-reactive ketones (excluding diaryl/α,β-unsaturated/α-hetero) is 1. The van der Waals surface area contributed by atoms with E-state index in [0.717, 1.165) is 47.6 Å². The number of amides is 3. The topological polar surface area (TPSA) is 137 Å². The summed E-state index contributed by atoms with van der Waals surface area (Å²) < 4.78 is 0. The summed E-state index contributed by atoms with van der Waals surface area (Å²) in [7, 11) is 0. The molecule has 3 rings (SSSR count). The molecule has 2 atom stereocenters. The monoisotopic (exact) mass is 632 g/mol. The summed E-state index contributed by atoms with van der Waals surface area (Å²) in [6.07, 6.45) is 4.94. The zero-order valence-corrected chi connectivity index (χ0v) is 28.0. The molecule has 3 amide bonds. The molecule has 0 radical (unpaired) electrons.